The number of carbonyl (C=O) groups is 2. The van der Waals surface area contributed by atoms with Crippen LogP contribution in [0.15, 0.2) is 47.1 Å². The van der Waals surface area contributed by atoms with Gasteiger partial charge >= 0.3 is 0 Å². The first-order valence-electron chi connectivity index (χ1n) is 12.3. The fourth-order valence-corrected chi connectivity index (χ4v) is 4.07. The third-order valence-electron chi connectivity index (χ3n) is 6.79. The number of fused-ring (bicyclic) bond motifs is 1. The quantitative estimate of drug-likeness (QED) is 0.437. The Hall–Kier alpha value is -4.01. The number of ether oxygens (including phenoxy) is 3. The third-order valence-corrected chi connectivity index (χ3v) is 6.79. The van der Waals surface area contributed by atoms with Crippen molar-refractivity contribution in [2.75, 3.05) is 32.3 Å². The van der Waals surface area contributed by atoms with Gasteiger partial charge < -0.3 is 23.9 Å². The largest absolute Gasteiger partial charge is 0.493 e. The molecular weight excluding hydrogens is 474 g/mol. The monoisotopic (exact) mass is 507 g/mol. The topological polar surface area (TPSA) is 103 Å². The molecule has 2 amide bonds. The Morgan fingerprint density at radius 1 is 1.14 bits per heavy atom. The molecule has 9 heteroatoms. The van der Waals surface area contributed by atoms with Gasteiger partial charge in [-0.2, -0.15) is 0 Å². The summed E-state index contributed by atoms with van der Waals surface area (Å²) in [6, 6.07) is 11.5. The number of amides is 2. The number of carbonyl (C=O) groups excluding carboxylic acids is 2. The maximum Gasteiger partial charge on any atom is 0.273 e. The number of rotatable bonds is 10. The van der Waals surface area contributed by atoms with Crippen LogP contribution in [0.25, 0.3) is 0 Å². The molecule has 0 spiro atoms. The number of benzene rings is 2. The highest BCUT2D eigenvalue weighted by Crippen LogP contribution is 2.38. The Kier molecular flexibility index (Phi) is 7.71. The molecule has 9 nitrogen and oxygen atoms in total. The molecule has 2 heterocycles. The standard InChI is InChI=1S/C28H33N3O6/c1-6-28(2,3)19-8-10-22-21(14-19)31(26(32)17-36-22)15-25-30-20(16-37-25)27(33)29-12-11-18-7-9-23(34-4)24(13-18)35-5/h7-10,13-14,16H,6,11-12,15,17H2,1-5H3,(H,29,33). The van der Waals surface area contributed by atoms with Gasteiger partial charge in [-0.3, -0.25) is 14.5 Å². The molecule has 0 bridgehead atoms. The molecule has 0 radical (unpaired) electrons. The van der Waals surface area contributed by atoms with E-state index >= 15 is 0 Å². The van der Waals surface area contributed by atoms with E-state index < -0.39 is 0 Å². The zero-order valence-electron chi connectivity index (χ0n) is 21.9. The molecule has 2 aromatic carbocycles. The minimum atomic E-state index is -0.351. The lowest BCUT2D eigenvalue weighted by molar-refractivity contribution is -0.121. The SMILES string of the molecule is CCC(C)(C)c1ccc2c(c1)N(Cc1nc(C(=O)NCCc3ccc(OC)c(OC)c3)co1)C(=O)CO2. The number of oxazole rings is 1. The molecule has 37 heavy (non-hydrogen) atoms. The molecule has 0 fully saturated rings. The third kappa shape index (κ3) is 5.71. The van der Waals surface area contributed by atoms with Gasteiger partial charge in [0.05, 0.1) is 19.9 Å². The molecule has 4 rings (SSSR count). The number of nitrogens with one attached hydrogen (secondary N) is 1. The maximum atomic E-state index is 12.7. The highest BCUT2D eigenvalue weighted by atomic mass is 16.5. The summed E-state index contributed by atoms with van der Waals surface area (Å²) in [6.07, 6.45) is 2.86. The van der Waals surface area contributed by atoms with E-state index in [9.17, 15) is 9.59 Å². The van der Waals surface area contributed by atoms with Gasteiger partial charge in [0, 0.05) is 6.54 Å². The zero-order valence-corrected chi connectivity index (χ0v) is 21.9. The molecular formula is C28H33N3O6. The van der Waals surface area contributed by atoms with Gasteiger partial charge in [-0.1, -0.05) is 32.9 Å². The second-order valence-corrected chi connectivity index (χ2v) is 9.51. The Labute approximate surface area is 216 Å². The first-order valence-corrected chi connectivity index (χ1v) is 12.3. The number of methoxy groups -OCH3 is 2. The molecule has 0 atom stereocenters. The van der Waals surface area contributed by atoms with Gasteiger partial charge in [0.1, 0.15) is 18.6 Å². The number of nitrogens with zero attached hydrogens (tertiary/aromatic N) is 2. The zero-order chi connectivity index (χ0) is 26.6. The number of anilines is 1. The molecule has 196 valence electrons. The number of aromatic nitrogens is 1. The van der Waals surface area contributed by atoms with Crippen molar-refractivity contribution >= 4 is 17.5 Å². The first kappa shape index (κ1) is 26.1. The van der Waals surface area contributed by atoms with E-state index in [1.165, 1.54) is 6.26 Å². The average molecular weight is 508 g/mol. The summed E-state index contributed by atoms with van der Waals surface area (Å²) in [5.74, 6) is 1.64. The van der Waals surface area contributed by atoms with Gasteiger partial charge in [0.2, 0.25) is 5.89 Å². The lowest BCUT2D eigenvalue weighted by atomic mass is 9.82. The van der Waals surface area contributed by atoms with Crippen molar-refractivity contribution in [1.29, 1.82) is 0 Å². The summed E-state index contributed by atoms with van der Waals surface area (Å²) in [5.41, 5.74) is 2.89. The fourth-order valence-electron chi connectivity index (χ4n) is 4.07. The predicted molar refractivity (Wildman–Crippen MR) is 139 cm³/mol. The summed E-state index contributed by atoms with van der Waals surface area (Å²) in [7, 11) is 3.17. The van der Waals surface area contributed by atoms with Crippen molar-refractivity contribution < 1.29 is 28.2 Å². The summed E-state index contributed by atoms with van der Waals surface area (Å²) >= 11 is 0. The van der Waals surface area contributed by atoms with Crippen LogP contribution in [0, 0.1) is 0 Å². The van der Waals surface area contributed by atoms with Crippen LogP contribution in [0.1, 0.15) is 54.7 Å². The van der Waals surface area contributed by atoms with E-state index in [4.69, 9.17) is 18.6 Å². The maximum absolute atomic E-state index is 12.7. The molecule has 0 aliphatic carbocycles. The number of hydrogen-bond donors (Lipinski definition) is 1. The van der Waals surface area contributed by atoms with Crippen molar-refractivity contribution in [3.05, 3.63) is 65.4 Å². The van der Waals surface area contributed by atoms with E-state index in [-0.39, 0.29) is 42.0 Å². The number of hydrogen-bond acceptors (Lipinski definition) is 7. The summed E-state index contributed by atoms with van der Waals surface area (Å²) in [6.45, 7) is 6.90. The van der Waals surface area contributed by atoms with E-state index in [0.717, 1.165) is 17.5 Å². The van der Waals surface area contributed by atoms with Crippen LogP contribution in [-0.2, 0) is 23.2 Å². The van der Waals surface area contributed by atoms with Crippen LogP contribution in [0.4, 0.5) is 5.69 Å². The van der Waals surface area contributed by atoms with Crippen molar-refractivity contribution in [2.45, 2.75) is 45.6 Å². The van der Waals surface area contributed by atoms with Crippen LogP contribution in [0.5, 0.6) is 17.2 Å². The normalized spacial score (nSPS) is 13.1. The molecule has 3 aromatic rings. The molecule has 0 saturated heterocycles. The lowest BCUT2D eigenvalue weighted by Crippen LogP contribution is -2.38. The van der Waals surface area contributed by atoms with Gasteiger partial charge in [-0.05, 0) is 53.6 Å². The van der Waals surface area contributed by atoms with Crippen LogP contribution < -0.4 is 24.4 Å². The van der Waals surface area contributed by atoms with Crippen LogP contribution in [-0.4, -0.2) is 44.2 Å². The molecule has 1 aromatic heterocycles. The highest BCUT2D eigenvalue weighted by molar-refractivity contribution is 5.98. The molecule has 1 aliphatic rings. The first-order chi connectivity index (χ1) is 17.7. The highest BCUT2D eigenvalue weighted by Gasteiger charge is 2.29. The lowest BCUT2D eigenvalue weighted by Gasteiger charge is -2.31. The molecule has 0 unspecified atom stereocenters. The Balaban J connectivity index is 1.41. The van der Waals surface area contributed by atoms with Crippen LogP contribution in [0.2, 0.25) is 0 Å². The summed E-state index contributed by atoms with van der Waals surface area (Å²) in [4.78, 5) is 31.3. The van der Waals surface area contributed by atoms with Crippen LogP contribution in [0.3, 0.4) is 0 Å². The van der Waals surface area contributed by atoms with Crippen molar-refractivity contribution in [2.24, 2.45) is 0 Å². The van der Waals surface area contributed by atoms with Gasteiger partial charge in [0.25, 0.3) is 11.8 Å². The van der Waals surface area contributed by atoms with Crippen molar-refractivity contribution in [3.63, 3.8) is 0 Å². The fraction of sp³-hybridized carbons (Fsp3) is 0.393. The summed E-state index contributed by atoms with van der Waals surface area (Å²) in [5, 5.41) is 2.85. The van der Waals surface area contributed by atoms with Crippen molar-refractivity contribution in [3.8, 4) is 17.2 Å². The molecule has 1 aliphatic heterocycles. The van der Waals surface area contributed by atoms with E-state index in [1.807, 2.05) is 36.4 Å². The Bertz CT molecular complexity index is 1280. The minimum absolute atomic E-state index is 0.0493. The minimum Gasteiger partial charge on any atom is -0.493 e. The van der Waals surface area contributed by atoms with Gasteiger partial charge in [0.15, 0.2) is 23.8 Å². The van der Waals surface area contributed by atoms with E-state index in [1.54, 1.807) is 19.1 Å². The Morgan fingerprint density at radius 2 is 1.92 bits per heavy atom. The smallest absolute Gasteiger partial charge is 0.273 e. The van der Waals surface area contributed by atoms with E-state index in [2.05, 4.69) is 31.1 Å². The summed E-state index contributed by atoms with van der Waals surface area (Å²) < 4.78 is 21.8. The van der Waals surface area contributed by atoms with Gasteiger partial charge in [-0.25, -0.2) is 4.98 Å². The van der Waals surface area contributed by atoms with Gasteiger partial charge in [-0.15, -0.1) is 0 Å². The molecule has 0 saturated carbocycles. The van der Waals surface area contributed by atoms with Crippen molar-refractivity contribution in [1.82, 2.24) is 10.3 Å². The van der Waals surface area contributed by atoms with E-state index in [0.29, 0.717) is 35.9 Å². The Morgan fingerprint density at radius 3 is 2.65 bits per heavy atom. The van der Waals surface area contributed by atoms with Crippen LogP contribution >= 0.6 is 0 Å². The molecule has 1 N–H and O–H groups in total. The second kappa shape index (κ2) is 10.9. The average Bonchev–Trinajstić information content (AvgIpc) is 3.38. The predicted octanol–water partition coefficient (Wildman–Crippen LogP) is 4.28. The second-order valence-electron chi connectivity index (χ2n) is 9.51.